The summed E-state index contributed by atoms with van der Waals surface area (Å²) in [6.45, 7) is 4.02. The normalized spacial score (nSPS) is 13.2. The van der Waals surface area contributed by atoms with Crippen molar-refractivity contribution in [3.63, 3.8) is 0 Å². The van der Waals surface area contributed by atoms with Crippen LogP contribution in [-0.4, -0.2) is 26.5 Å². The molecule has 1 N–H and O–H groups in total. The van der Waals surface area contributed by atoms with E-state index in [9.17, 15) is 5.11 Å². The Labute approximate surface area is 123 Å². The fraction of sp³-hybridized carbons (Fsp3) is 0.429. The molecule has 20 heavy (non-hydrogen) atoms. The first-order valence-electron chi connectivity index (χ1n) is 6.37. The lowest BCUT2D eigenvalue weighted by Crippen LogP contribution is -2.27. The van der Waals surface area contributed by atoms with Gasteiger partial charge in [-0.25, -0.2) is 9.67 Å². The van der Waals surface area contributed by atoms with Crippen LogP contribution in [0.1, 0.15) is 26.5 Å². The summed E-state index contributed by atoms with van der Waals surface area (Å²) < 4.78 is 7.59. The minimum atomic E-state index is -0.333. The Kier molecular flexibility index (Phi) is 4.62. The zero-order valence-corrected chi connectivity index (χ0v) is 12.3. The lowest BCUT2D eigenvalue weighted by molar-refractivity contribution is 0.0393. The molecule has 108 valence electrons. The molecule has 0 bridgehead atoms. The Morgan fingerprint density at radius 1 is 1.35 bits per heavy atom. The molecule has 1 unspecified atom stereocenters. The number of aliphatic hydroxyl groups excluding tert-OH is 1. The molecule has 6 heteroatoms. The van der Waals surface area contributed by atoms with Gasteiger partial charge in [0, 0.05) is 18.1 Å². The molecule has 0 spiro atoms. The van der Waals surface area contributed by atoms with Gasteiger partial charge in [0.2, 0.25) is 0 Å². The molecule has 1 aromatic heterocycles. The van der Waals surface area contributed by atoms with E-state index in [-0.39, 0.29) is 18.2 Å². The third-order valence-corrected chi connectivity index (χ3v) is 3.22. The second-order valence-electron chi connectivity index (χ2n) is 5.43. The van der Waals surface area contributed by atoms with Crippen LogP contribution in [0.5, 0.6) is 5.75 Å². The molecule has 1 atom stereocenters. The minimum Gasteiger partial charge on any atom is -0.469 e. The predicted molar refractivity (Wildman–Crippen MR) is 76.6 cm³/mol. The number of hydrogen-bond donors (Lipinski definition) is 1. The highest BCUT2D eigenvalue weighted by Crippen LogP contribution is 2.29. The molecule has 5 nitrogen and oxygen atoms in total. The average Bonchev–Trinajstić information content (AvgIpc) is 2.94. The van der Waals surface area contributed by atoms with Gasteiger partial charge in [-0.2, -0.15) is 5.10 Å². The maximum absolute atomic E-state index is 9.42. The van der Waals surface area contributed by atoms with Gasteiger partial charge in [0.1, 0.15) is 18.4 Å². The number of aromatic nitrogens is 3. The molecule has 1 aromatic carbocycles. The van der Waals surface area contributed by atoms with E-state index in [0.717, 1.165) is 0 Å². The summed E-state index contributed by atoms with van der Waals surface area (Å²) in [5.41, 5.74) is -0.275. The molecule has 0 saturated carbocycles. The number of benzene rings is 1. The summed E-state index contributed by atoms with van der Waals surface area (Å²) in [7, 11) is 0. The van der Waals surface area contributed by atoms with Gasteiger partial charge in [-0.3, -0.25) is 0 Å². The van der Waals surface area contributed by atoms with E-state index < -0.39 is 0 Å². The van der Waals surface area contributed by atoms with E-state index in [1.165, 1.54) is 6.33 Å². The fourth-order valence-corrected chi connectivity index (χ4v) is 1.89. The largest absolute Gasteiger partial charge is 0.469 e. The summed E-state index contributed by atoms with van der Waals surface area (Å²) in [4.78, 5) is 3.94. The molecule has 2 rings (SSSR count). The van der Waals surface area contributed by atoms with E-state index in [1.54, 1.807) is 35.3 Å². The van der Waals surface area contributed by atoms with Crippen molar-refractivity contribution in [1.29, 1.82) is 0 Å². The molecule has 0 radical (unpaired) electrons. The number of rotatable bonds is 6. The first kappa shape index (κ1) is 14.8. The van der Waals surface area contributed by atoms with E-state index >= 15 is 0 Å². The Balaban J connectivity index is 2.17. The molecule has 0 aliphatic rings. The Morgan fingerprint density at radius 2 is 2.05 bits per heavy atom. The van der Waals surface area contributed by atoms with Gasteiger partial charge in [-0.1, -0.05) is 25.4 Å². The highest BCUT2D eigenvalue weighted by Gasteiger charge is 2.25. The van der Waals surface area contributed by atoms with Crippen molar-refractivity contribution < 1.29 is 9.84 Å². The van der Waals surface area contributed by atoms with Crippen molar-refractivity contribution in [2.45, 2.75) is 26.5 Å². The number of nitrogens with zero attached hydrogens (tertiary/aromatic N) is 3. The number of ether oxygens (including phenoxy) is 1. The summed E-state index contributed by atoms with van der Waals surface area (Å²) in [5, 5.41) is 14.2. The van der Waals surface area contributed by atoms with E-state index in [0.29, 0.717) is 17.2 Å². The smallest absolute Gasteiger partial charge is 0.193 e. The molecule has 0 aliphatic carbocycles. The van der Waals surface area contributed by atoms with Gasteiger partial charge in [0.05, 0.1) is 0 Å². The zero-order chi connectivity index (χ0) is 14.6. The number of aliphatic hydroxyl groups is 1. The number of halogens is 1. The lowest BCUT2D eigenvalue weighted by Gasteiger charge is -2.28. The molecule has 1 heterocycles. The molecular formula is C14H18ClN3O2. The van der Waals surface area contributed by atoms with Crippen LogP contribution in [0, 0.1) is 5.41 Å². The summed E-state index contributed by atoms with van der Waals surface area (Å²) in [5.74, 6) is 0.698. The van der Waals surface area contributed by atoms with Crippen LogP contribution in [0.2, 0.25) is 5.02 Å². The van der Waals surface area contributed by atoms with E-state index in [1.807, 2.05) is 13.8 Å². The third kappa shape index (κ3) is 3.95. The fourth-order valence-electron chi connectivity index (χ4n) is 1.76. The van der Waals surface area contributed by atoms with Crippen molar-refractivity contribution >= 4 is 11.6 Å². The van der Waals surface area contributed by atoms with Crippen LogP contribution >= 0.6 is 11.6 Å². The SMILES string of the molecule is CC(C)(CO)CC(Oc1ccc(Cl)cc1)n1cncn1. The Morgan fingerprint density at radius 3 is 2.60 bits per heavy atom. The topological polar surface area (TPSA) is 60.2 Å². The Hall–Kier alpha value is -1.59. The van der Waals surface area contributed by atoms with Crippen LogP contribution < -0.4 is 4.74 Å². The zero-order valence-electron chi connectivity index (χ0n) is 11.5. The van der Waals surface area contributed by atoms with Crippen LogP contribution in [0.15, 0.2) is 36.9 Å². The van der Waals surface area contributed by atoms with Crippen molar-refractivity contribution in [3.8, 4) is 5.75 Å². The van der Waals surface area contributed by atoms with E-state index in [4.69, 9.17) is 16.3 Å². The van der Waals surface area contributed by atoms with E-state index in [2.05, 4.69) is 10.1 Å². The van der Waals surface area contributed by atoms with Gasteiger partial charge in [-0.05, 0) is 29.7 Å². The summed E-state index contributed by atoms with van der Waals surface area (Å²) in [6.07, 6.45) is 3.34. The Bertz CT molecular complexity index is 526. The maximum Gasteiger partial charge on any atom is 0.193 e. The first-order chi connectivity index (χ1) is 9.50. The van der Waals surface area contributed by atoms with Crippen LogP contribution in [0.4, 0.5) is 0 Å². The lowest BCUT2D eigenvalue weighted by atomic mass is 9.89. The molecular weight excluding hydrogens is 278 g/mol. The number of hydrogen-bond acceptors (Lipinski definition) is 4. The molecule has 0 saturated heterocycles. The highest BCUT2D eigenvalue weighted by molar-refractivity contribution is 6.30. The van der Waals surface area contributed by atoms with Gasteiger partial charge >= 0.3 is 0 Å². The maximum atomic E-state index is 9.42. The summed E-state index contributed by atoms with van der Waals surface area (Å²) >= 11 is 5.86. The second kappa shape index (κ2) is 6.24. The third-order valence-electron chi connectivity index (χ3n) is 2.97. The minimum absolute atomic E-state index is 0.0716. The quantitative estimate of drug-likeness (QED) is 0.890. The standard InChI is InChI=1S/C14H18ClN3O2/c1-14(2,8-19)7-13(18-10-16-9-17-18)20-12-5-3-11(15)4-6-12/h3-6,9-10,13,19H,7-8H2,1-2H3. The monoisotopic (exact) mass is 295 g/mol. The van der Waals surface area contributed by atoms with Crippen molar-refractivity contribution in [1.82, 2.24) is 14.8 Å². The van der Waals surface area contributed by atoms with Crippen LogP contribution in [-0.2, 0) is 0 Å². The average molecular weight is 296 g/mol. The predicted octanol–water partition coefficient (Wildman–Crippen LogP) is 2.92. The van der Waals surface area contributed by atoms with Gasteiger partial charge in [0.15, 0.2) is 6.23 Å². The molecule has 0 fully saturated rings. The van der Waals surface area contributed by atoms with Gasteiger partial charge in [-0.15, -0.1) is 0 Å². The second-order valence-corrected chi connectivity index (χ2v) is 5.86. The van der Waals surface area contributed by atoms with Crippen LogP contribution in [0.25, 0.3) is 0 Å². The van der Waals surface area contributed by atoms with Crippen molar-refractivity contribution in [3.05, 3.63) is 41.9 Å². The molecule has 0 amide bonds. The van der Waals surface area contributed by atoms with Crippen molar-refractivity contribution in [2.24, 2.45) is 5.41 Å². The van der Waals surface area contributed by atoms with Crippen LogP contribution in [0.3, 0.4) is 0 Å². The van der Waals surface area contributed by atoms with Gasteiger partial charge < -0.3 is 9.84 Å². The van der Waals surface area contributed by atoms with Crippen molar-refractivity contribution in [2.75, 3.05) is 6.61 Å². The first-order valence-corrected chi connectivity index (χ1v) is 6.75. The highest BCUT2D eigenvalue weighted by atomic mass is 35.5. The molecule has 2 aromatic rings. The molecule has 0 aliphatic heterocycles. The summed E-state index contributed by atoms with van der Waals surface area (Å²) in [6, 6.07) is 7.15. The van der Waals surface area contributed by atoms with Gasteiger partial charge in [0.25, 0.3) is 0 Å².